The number of methoxy groups -OCH3 is 1. The molecule has 82 valence electrons. The van der Waals surface area contributed by atoms with Crippen molar-refractivity contribution in [2.24, 2.45) is 5.73 Å². The molecule has 1 rings (SSSR count). The standard InChI is InChI=1S/C10H20N2O2/c1-8(11)10(13)12-6-4-3-5-9(12)7-14-2/h8-9H,3-7,11H2,1-2H3/t8?,9-/m0/s1. The molecule has 1 aliphatic rings. The Morgan fingerprint density at radius 3 is 2.93 bits per heavy atom. The second-order valence-electron chi connectivity index (χ2n) is 3.93. The molecule has 1 unspecified atom stereocenters. The van der Waals surface area contributed by atoms with Gasteiger partial charge in [-0.1, -0.05) is 0 Å². The van der Waals surface area contributed by atoms with Crippen LogP contribution >= 0.6 is 0 Å². The number of hydrogen-bond donors (Lipinski definition) is 1. The maximum Gasteiger partial charge on any atom is 0.239 e. The molecular formula is C10H20N2O2. The second kappa shape index (κ2) is 5.32. The molecule has 1 amide bonds. The highest BCUT2D eigenvalue weighted by atomic mass is 16.5. The molecule has 14 heavy (non-hydrogen) atoms. The van der Waals surface area contributed by atoms with E-state index in [4.69, 9.17) is 10.5 Å². The highest BCUT2D eigenvalue weighted by Gasteiger charge is 2.27. The number of nitrogens with zero attached hydrogens (tertiary/aromatic N) is 1. The second-order valence-corrected chi connectivity index (χ2v) is 3.93. The number of hydrogen-bond acceptors (Lipinski definition) is 3. The minimum Gasteiger partial charge on any atom is -0.383 e. The first-order chi connectivity index (χ1) is 6.66. The van der Waals surface area contributed by atoms with E-state index in [0.717, 1.165) is 19.4 Å². The molecule has 0 saturated carbocycles. The Hall–Kier alpha value is -0.610. The molecule has 2 N–H and O–H groups in total. The zero-order valence-electron chi connectivity index (χ0n) is 9.03. The van der Waals surface area contributed by atoms with Crippen LogP contribution in [0.5, 0.6) is 0 Å². The number of piperidine rings is 1. The predicted octanol–water partition coefficient (Wildman–Crippen LogP) is 0.361. The van der Waals surface area contributed by atoms with E-state index < -0.39 is 6.04 Å². The number of carbonyl (C=O) groups is 1. The summed E-state index contributed by atoms with van der Waals surface area (Å²) in [7, 11) is 1.67. The van der Waals surface area contributed by atoms with Gasteiger partial charge in [-0.3, -0.25) is 4.79 Å². The van der Waals surface area contributed by atoms with Gasteiger partial charge >= 0.3 is 0 Å². The molecule has 0 bridgehead atoms. The first-order valence-corrected chi connectivity index (χ1v) is 5.21. The van der Waals surface area contributed by atoms with E-state index in [1.165, 1.54) is 6.42 Å². The van der Waals surface area contributed by atoms with E-state index in [1.54, 1.807) is 14.0 Å². The van der Waals surface area contributed by atoms with E-state index in [2.05, 4.69) is 0 Å². The van der Waals surface area contributed by atoms with Crippen LogP contribution in [0.3, 0.4) is 0 Å². The van der Waals surface area contributed by atoms with Crippen LogP contribution in [0.1, 0.15) is 26.2 Å². The van der Waals surface area contributed by atoms with Crippen molar-refractivity contribution in [1.82, 2.24) is 4.90 Å². The highest BCUT2D eigenvalue weighted by molar-refractivity contribution is 5.81. The van der Waals surface area contributed by atoms with Crippen LogP contribution in [0.2, 0.25) is 0 Å². The quantitative estimate of drug-likeness (QED) is 0.715. The number of carbonyl (C=O) groups excluding carboxylic acids is 1. The van der Waals surface area contributed by atoms with Gasteiger partial charge in [0.25, 0.3) is 0 Å². The molecule has 1 saturated heterocycles. The predicted molar refractivity (Wildman–Crippen MR) is 54.9 cm³/mol. The first-order valence-electron chi connectivity index (χ1n) is 5.21. The molecule has 0 aromatic carbocycles. The number of amides is 1. The van der Waals surface area contributed by atoms with Crippen LogP contribution in [0.15, 0.2) is 0 Å². The lowest BCUT2D eigenvalue weighted by Gasteiger charge is -2.36. The van der Waals surface area contributed by atoms with Gasteiger partial charge in [-0.25, -0.2) is 0 Å². The third kappa shape index (κ3) is 2.69. The molecule has 1 fully saturated rings. The van der Waals surface area contributed by atoms with Crippen LogP contribution in [0, 0.1) is 0 Å². The zero-order valence-corrected chi connectivity index (χ0v) is 9.03. The lowest BCUT2D eigenvalue weighted by atomic mass is 10.0. The van der Waals surface area contributed by atoms with Crippen molar-refractivity contribution in [3.63, 3.8) is 0 Å². The molecule has 0 radical (unpaired) electrons. The summed E-state index contributed by atoms with van der Waals surface area (Å²) in [5.41, 5.74) is 5.59. The van der Waals surface area contributed by atoms with Crippen molar-refractivity contribution in [2.45, 2.75) is 38.3 Å². The number of rotatable bonds is 3. The summed E-state index contributed by atoms with van der Waals surface area (Å²) in [6.45, 7) is 3.19. The number of ether oxygens (including phenoxy) is 1. The molecule has 2 atom stereocenters. The van der Waals surface area contributed by atoms with Gasteiger partial charge in [0.2, 0.25) is 5.91 Å². The summed E-state index contributed by atoms with van der Waals surface area (Å²) in [6, 6.07) is -0.167. The lowest BCUT2D eigenvalue weighted by Crippen LogP contribution is -2.51. The van der Waals surface area contributed by atoms with Gasteiger partial charge in [0.05, 0.1) is 18.7 Å². The lowest BCUT2D eigenvalue weighted by molar-refractivity contribution is -0.137. The summed E-state index contributed by atoms with van der Waals surface area (Å²) in [5.74, 6) is 0.0479. The topological polar surface area (TPSA) is 55.6 Å². The van der Waals surface area contributed by atoms with E-state index in [-0.39, 0.29) is 11.9 Å². The van der Waals surface area contributed by atoms with Crippen LogP contribution in [-0.4, -0.2) is 43.2 Å². The Balaban J connectivity index is 2.57. The maximum absolute atomic E-state index is 11.7. The Labute approximate surface area is 85.4 Å². The first kappa shape index (κ1) is 11.5. The normalized spacial score (nSPS) is 24.8. The van der Waals surface area contributed by atoms with Crippen molar-refractivity contribution in [2.75, 3.05) is 20.3 Å². The van der Waals surface area contributed by atoms with Crippen molar-refractivity contribution in [1.29, 1.82) is 0 Å². The highest BCUT2D eigenvalue weighted by Crippen LogP contribution is 2.17. The Morgan fingerprint density at radius 1 is 1.64 bits per heavy atom. The molecular weight excluding hydrogens is 180 g/mol. The van der Waals surface area contributed by atoms with Gasteiger partial charge in [-0.15, -0.1) is 0 Å². The SMILES string of the molecule is COC[C@@H]1CCCCN1C(=O)C(C)N. The van der Waals surface area contributed by atoms with Gasteiger partial charge in [0.1, 0.15) is 0 Å². The summed E-state index contributed by atoms with van der Waals surface area (Å²) < 4.78 is 5.11. The average Bonchev–Trinajstić information content (AvgIpc) is 2.18. The smallest absolute Gasteiger partial charge is 0.239 e. The summed E-state index contributed by atoms with van der Waals surface area (Å²) in [5, 5.41) is 0. The Bertz CT molecular complexity index is 193. The van der Waals surface area contributed by atoms with E-state index in [0.29, 0.717) is 6.61 Å². The van der Waals surface area contributed by atoms with Crippen LogP contribution in [-0.2, 0) is 9.53 Å². The monoisotopic (exact) mass is 200 g/mol. The number of nitrogens with two attached hydrogens (primary N) is 1. The van der Waals surface area contributed by atoms with Crippen LogP contribution in [0.25, 0.3) is 0 Å². The molecule has 4 heteroatoms. The molecule has 0 aromatic rings. The Morgan fingerprint density at radius 2 is 2.36 bits per heavy atom. The van der Waals surface area contributed by atoms with Gasteiger partial charge in [0.15, 0.2) is 0 Å². The fourth-order valence-electron chi connectivity index (χ4n) is 1.92. The van der Waals surface area contributed by atoms with E-state index in [9.17, 15) is 4.79 Å². The zero-order chi connectivity index (χ0) is 10.6. The van der Waals surface area contributed by atoms with Crippen LogP contribution < -0.4 is 5.73 Å². The van der Waals surface area contributed by atoms with E-state index in [1.807, 2.05) is 4.90 Å². The molecule has 1 heterocycles. The molecule has 0 aromatic heterocycles. The largest absolute Gasteiger partial charge is 0.383 e. The molecule has 0 spiro atoms. The third-order valence-corrected chi connectivity index (χ3v) is 2.66. The number of likely N-dealkylation sites (tertiary alicyclic amines) is 1. The van der Waals surface area contributed by atoms with Crippen molar-refractivity contribution >= 4 is 5.91 Å². The maximum atomic E-state index is 11.7. The van der Waals surface area contributed by atoms with Crippen LogP contribution in [0.4, 0.5) is 0 Å². The minimum atomic E-state index is -0.396. The Kier molecular flexibility index (Phi) is 4.35. The molecule has 1 aliphatic heterocycles. The average molecular weight is 200 g/mol. The van der Waals surface area contributed by atoms with Crippen molar-refractivity contribution < 1.29 is 9.53 Å². The molecule has 4 nitrogen and oxygen atoms in total. The third-order valence-electron chi connectivity index (χ3n) is 2.66. The molecule has 0 aliphatic carbocycles. The van der Waals surface area contributed by atoms with Crippen molar-refractivity contribution in [3.8, 4) is 0 Å². The summed E-state index contributed by atoms with van der Waals surface area (Å²) in [4.78, 5) is 13.6. The summed E-state index contributed by atoms with van der Waals surface area (Å²) >= 11 is 0. The fourth-order valence-corrected chi connectivity index (χ4v) is 1.92. The fraction of sp³-hybridized carbons (Fsp3) is 0.900. The van der Waals surface area contributed by atoms with Gasteiger partial charge in [0, 0.05) is 13.7 Å². The van der Waals surface area contributed by atoms with Gasteiger partial charge < -0.3 is 15.4 Å². The van der Waals surface area contributed by atoms with Crippen molar-refractivity contribution in [3.05, 3.63) is 0 Å². The van der Waals surface area contributed by atoms with E-state index >= 15 is 0 Å². The minimum absolute atomic E-state index is 0.0479. The van der Waals surface area contributed by atoms with Gasteiger partial charge in [-0.05, 0) is 26.2 Å². The van der Waals surface area contributed by atoms with Gasteiger partial charge in [-0.2, -0.15) is 0 Å². The summed E-state index contributed by atoms with van der Waals surface area (Å²) in [6.07, 6.45) is 3.29.